The van der Waals surface area contributed by atoms with Gasteiger partial charge in [-0.2, -0.15) is 0 Å². The van der Waals surface area contributed by atoms with Gasteiger partial charge in [-0.25, -0.2) is 0 Å². The summed E-state index contributed by atoms with van der Waals surface area (Å²) in [7, 11) is 0. The molecular formula is C13H16BrNO3. The molecule has 5 heteroatoms. The molecular weight excluding hydrogens is 298 g/mol. The average molecular weight is 314 g/mol. The van der Waals surface area contributed by atoms with E-state index in [1.807, 2.05) is 18.2 Å². The van der Waals surface area contributed by atoms with E-state index in [-0.39, 0.29) is 12.2 Å². The summed E-state index contributed by atoms with van der Waals surface area (Å²) in [5.41, 5.74) is 5.35. The van der Waals surface area contributed by atoms with Gasteiger partial charge in [0, 0.05) is 5.57 Å². The number of amides is 1. The zero-order valence-corrected chi connectivity index (χ0v) is 11.5. The summed E-state index contributed by atoms with van der Waals surface area (Å²) >= 11 is 3.15. The largest absolute Gasteiger partial charge is 0.490 e. The standard InChI is InChI=1S/C13H16BrNO3/c1-10(12(15)16)7-8-13(14,17)9-18-11-5-3-2-4-6-11/h2-6,17H,1,7-9H2,(H2,15,16). The number of ether oxygens (including phenoxy) is 1. The third-order valence-electron chi connectivity index (χ3n) is 2.36. The fraction of sp³-hybridized carbons (Fsp3) is 0.308. The van der Waals surface area contributed by atoms with Gasteiger partial charge in [0.05, 0.1) is 0 Å². The molecule has 18 heavy (non-hydrogen) atoms. The van der Waals surface area contributed by atoms with Crippen LogP contribution in [0, 0.1) is 0 Å². The molecule has 0 aliphatic heterocycles. The molecule has 1 atom stereocenters. The summed E-state index contributed by atoms with van der Waals surface area (Å²) in [6.07, 6.45) is 0.608. The first-order chi connectivity index (χ1) is 8.41. The van der Waals surface area contributed by atoms with E-state index in [1.165, 1.54) is 0 Å². The van der Waals surface area contributed by atoms with Crippen LogP contribution in [0.4, 0.5) is 0 Å². The number of hydrogen-bond donors (Lipinski definition) is 2. The molecule has 1 aromatic carbocycles. The van der Waals surface area contributed by atoms with Crippen molar-refractivity contribution in [3.63, 3.8) is 0 Å². The van der Waals surface area contributed by atoms with Gasteiger partial charge in [-0.05, 0) is 25.0 Å². The highest BCUT2D eigenvalue weighted by atomic mass is 79.9. The first-order valence-electron chi connectivity index (χ1n) is 5.47. The Balaban J connectivity index is 2.40. The Labute approximate surface area is 115 Å². The molecule has 0 fully saturated rings. The van der Waals surface area contributed by atoms with Gasteiger partial charge in [0.2, 0.25) is 5.91 Å². The highest BCUT2D eigenvalue weighted by molar-refractivity contribution is 9.10. The van der Waals surface area contributed by atoms with E-state index in [2.05, 4.69) is 22.5 Å². The van der Waals surface area contributed by atoms with Crippen molar-refractivity contribution in [2.75, 3.05) is 6.61 Å². The Hall–Kier alpha value is -1.33. The molecule has 0 saturated carbocycles. The average Bonchev–Trinajstić information content (AvgIpc) is 2.35. The molecule has 1 aromatic rings. The van der Waals surface area contributed by atoms with Crippen LogP contribution in [0.1, 0.15) is 12.8 Å². The molecule has 98 valence electrons. The van der Waals surface area contributed by atoms with Gasteiger partial charge in [-0.1, -0.05) is 40.7 Å². The monoisotopic (exact) mass is 313 g/mol. The van der Waals surface area contributed by atoms with Crippen molar-refractivity contribution in [1.29, 1.82) is 0 Å². The Kier molecular flexibility index (Phi) is 5.37. The molecule has 0 aromatic heterocycles. The van der Waals surface area contributed by atoms with E-state index in [0.717, 1.165) is 0 Å². The van der Waals surface area contributed by atoms with Crippen LogP contribution in [0.15, 0.2) is 42.5 Å². The Morgan fingerprint density at radius 2 is 2.06 bits per heavy atom. The van der Waals surface area contributed by atoms with Crippen molar-refractivity contribution in [2.24, 2.45) is 5.73 Å². The van der Waals surface area contributed by atoms with Crippen molar-refractivity contribution in [3.8, 4) is 5.75 Å². The predicted octanol–water partition coefficient (Wildman–Crippen LogP) is 1.97. The predicted molar refractivity (Wildman–Crippen MR) is 73.4 cm³/mol. The van der Waals surface area contributed by atoms with Crippen molar-refractivity contribution in [2.45, 2.75) is 17.4 Å². The van der Waals surface area contributed by atoms with E-state index in [1.54, 1.807) is 12.1 Å². The molecule has 0 heterocycles. The van der Waals surface area contributed by atoms with Gasteiger partial charge in [-0.3, -0.25) is 4.79 Å². The number of rotatable bonds is 7. The number of carbonyl (C=O) groups excluding carboxylic acids is 1. The topological polar surface area (TPSA) is 72.6 Å². The first kappa shape index (κ1) is 14.7. The summed E-state index contributed by atoms with van der Waals surface area (Å²) < 4.78 is 4.21. The van der Waals surface area contributed by atoms with Gasteiger partial charge >= 0.3 is 0 Å². The van der Waals surface area contributed by atoms with Gasteiger partial charge in [-0.15, -0.1) is 0 Å². The molecule has 0 bridgehead atoms. The second-order valence-corrected chi connectivity index (χ2v) is 5.46. The lowest BCUT2D eigenvalue weighted by molar-refractivity contribution is -0.114. The van der Waals surface area contributed by atoms with Crippen LogP contribution in [0.3, 0.4) is 0 Å². The van der Waals surface area contributed by atoms with E-state index in [9.17, 15) is 9.90 Å². The number of hydrogen-bond acceptors (Lipinski definition) is 3. The number of para-hydroxylation sites is 1. The van der Waals surface area contributed by atoms with Crippen LogP contribution in [0.5, 0.6) is 5.75 Å². The molecule has 0 saturated heterocycles. The molecule has 0 radical (unpaired) electrons. The second kappa shape index (κ2) is 6.56. The molecule has 1 unspecified atom stereocenters. The maximum absolute atomic E-state index is 10.8. The zero-order chi connectivity index (χ0) is 13.6. The summed E-state index contributed by atoms with van der Waals surface area (Å²) in [4.78, 5) is 10.8. The summed E-state index contributed by atoms with van der Waals surface area (Å²) in [6.45, 7) is 3.60. The molecule has 4 nitrogen and oxygen atoms in total. The van der Waals surface area contributed by atoms with Crippen LogP contribution < -0.4 is 10.5 Å². The minimum absolute atomic E-state index is 0.0725. The van der Waals surface area contributed by atoms with Crippen LogP contribution in [-0.4, -0.2) is 22.1 Å². The molecule has 1 amide bonds. The lowest BCUT2D eigenvalue weighted by atomic mass is 10.1. The Morgan fingerprint density at radius 3 is 2.61 bits per heavy atom. The number of carbonyl (C=O) groups is 1. The van der Waals surface area contributed by atoms with Crippen LogP contribution in [-0.2, 0) is 4.79 Å². The third-order valence-corrected chi connectivity index (χ3v) is 2.99. The maximum Gasteiger partial charge on any atom is 0.244 e. The second-order valence-electron chi connectivity index (χ2n) is 3.99. The summed E-state index contributed by atoms with van der Waals surface area (Å²) in [5, 5.41) is 10.0. The minimum Gasteiger partial charge on any atom is -0.490 e. The number of benzene rings is 1. The van der Waals surface area contributed by atoms with Crippen LogP contribution >= 0.6 is 15.9 Å². The normalized spacial score (nSPS) is 13.7. The highest BCUT2D eigenvalue weighted by Gasteiger charge is 2.24. The quantitative estimate of drug-likeness (QED) is 0.597. The van der Waals surface area contributed by atoms with Gasteiger partial charge in [0.25, 0.3) is 0 Å². The third kappa shape index (κ3) is 5.33. The number of nitrogens with two attached hydrogens (primary N) is 1. The number of alkyl halides is 1. The lowest BCUT2D eigenvalue weighted by Crippen LogP contribution is -2.29. The molecule has 3 N–H and O–H groups in total. The first-order valence-corrected chi connectivity index (χ1v) is 6.27. The van der Waals surface area contributed by atoms with Crippen molar-refractivity contribution >= 4 is 21.8 Å². The van der Waals surface area contributed by atoms with E-state index in [4.69, 9.17) is 10.5 Å². The Bertz CT molecular complexity index is 418. The van der Waals surface area contributed by atoms with Crippen molar-refractivity contribution < 1.29 is 14.6 Å². The molecule has 0 spiro atoms. The van der Waals surface area contributed by atoms with Crippen LogP contribution in [0.25, 0.3) is 0 Å². The van der Waals surface area contributed by atoms with Crippen LogP contribution in [0.2, 0.25) is 0 Å². The lowest BCUT2D eigenvalue weighted by Gasteiger charge is -2.21. The van der Waals surface area contributed by atoms with Crippen molar-refractivity contribution in [3.05, 3.63) is 42.5 Å². The minimum atomic E-state index is -1.21. The van der Waals surface area contributed by atoms with E-state index >= 15 is 0 Å². The fourth-order valence-corrected chi connectivity index (χ4v) is 1.56. The van der Waals surface area contributed by atoms with Crippen molar-refractivity contribution in [1.82, 2.24) is 0 Å². The molecule has 0 aliphatic rings. The highest BCUT2D eigenvalue weighted by Crippen LogP contribution is 2.24. The fourth-order valence-electron chi connectivity index (χ4n) is 1.25. The van der Waals surface area contributed by atoms with Gasteiger partial charge in [0.1, 0.15) is 12.4 Å². The zero-order valence-electron chi connectivity index (χ0n) is 9.93. The van der Waals surface area contributed by atoms with Gasteiger partial charge in [0.15, 0.2) is 4.51 Å². The molecule has 1 rings (SSSR count). The summed E-state index contributed by atoms with van der Waals surface area (Å²) in [6, 6.07) is 9.16. The Morgan fingerprint density at radius 1 is 1.44 bits per heavy atom. The molecule has 0 aliphatic carbocycles. The number of primary amides is 1. The van der Waals surface area contributed by atoms with E-state index in [0.29, 0.717) is 18.6 Å². The number of aliphatic hydroxyl groups is 1. The maximum atomic E-state index is 10.8. The SMILES string of the molecule is C=C(CCC(O)(Br)COc1ccccc1)C(N)=O. The number of halogens is 1. The van der Waals surface area contributed by atoms with Gasteiger partial charge < -0.3 is 15.6 Å². The summed E-state index contributed by atoms with van der Waals surface area (Å²) in [5.74, 6) is 0.117. The van der Waals surface area contributed by atoms with E-state index < -0.39 is 10.4 Å². The smallest absolute Gasteiger partial charge is 0.244 e.